The smallest absolute Gasteiger partial charge is 0.249 e. The third-order valence-corrected chi connectivity index (χ3v) is 4.64. The molecule has 0 amide bonds. The summed E-state index contributed by atoms with van der Waals surface area (Å²) in [7, 11) is -1.29. The van der Waals surface area contributed by atoms with Gasteiger partial charge in [-0.15, -0.1) is 10.2 Å². The van der Waals surface area contributed by atoms with Gasteiger partial charge in [0.2, 0.25) is 11.8 Å². The summed E-state index contributed by atoms with van der Waals surface area (Å²) in [6.07, 6.45) is 1.51. The summed E-state index contributed by atoms with van der Waals surface area (Å²) in [6, 6.07) is 8.86. The van der Waals surface area contributed by atoms with Crippen molar-refractivity contribution in [3.63, 3.8) is 0 Å². The molecule has 0 bridgehead atoms. The van der Waals surface area contributed by atoms with Crippen LogP contribution in [0.15, 0.2) is 50.3 Å². The van der Waals surface area contributed by atoms with Crippen molar-refractivity contribution in [2.75, 3.05) is 0 Å². The molecule has 2 aromatic heterocycles. The third-order valence-electron chi connectivity index (χ3n) is 2.88. The summed E-state index contributed by atoms with van der Waals surface area (Å²) in [6.45, 7) is 1.76. The predicted octanol–water partition coefficient (Wildman–Crippen LogP) is 3.60. The van der Waals surface area contributed by atoms with Gasteiger partial charge in [0, 0.05) is 0 Å². The molecule has 3 rings (SSSR count). The minimum atomic E-state index is -1.29. The molecule has 0 aliphatic heterocycles. The zero-order chi connectivity index (χ0) is 14.8. The molecule has 0 unspecified atom stereocenters. The van der Waals surface area contributed by atoms with E-state index in [0.29, 0.717) is 33.0 Å². The fourth-order valence-electron chi connectivity index (χ4n) is 1.85. The molecule has 0 N–H and O–H groups in total. The van der Waals surface area contributed by atoms with Gasteiger partial charge in [-0.1, -0.05) is 23.7 Å². The molecule has 0 aliphatic rings. The van der Waals surface area contributed by atoms with Gasteiger partial charge in [0.1, 0.15) is 11.5 Å². The maximum Gasteiger partial charge on any atom is 0.249 e. The number of benzene rings is 1. The van der Waals surface area contributed by atoms with Gasteiger partial charge < -0.3 is 8.83 Å². The Labute approximate surface area is 128 Å². The lowest BCUT2D eigenvalue weighted by Gasteiger charge is -1.98. The lowest BCUT2D eigenvalue weighted by molar-refractivity contribution is 0.521. The maximum absolute atomic E-state index is 12.2. The summed E-state index contributed by atoms with van der Waals surface area (Å²) in [5.41, 5.74) is 0.656. The number of aryl methyl sites for hydroxylation is 1. The molecule has 0 aliphatic carbocycles. The molecule has 1 aromatic carbocycles. The van der Waals surface area contributed by atoms with Crippen molar-refractivity contribution in [2.45, 2.75) is 17.6 Å². The van der Waals surface area contributed by atoms with E-state index in [9.17, 15) is 4.21 Å². The number of hydrogen-bond acceptors (Lipinski definition) is 5. The van der Waals surface area contributed by atoms with E-state index >= 15 is 0 Å². The van der Waals surface area contributed by atoms with Crippen LogP contribution in [-0.2, 0) is 16.6 Å². The highest BCUT2D eigenvalue weighted by Gasteiger charge is 2.16. The number of hydrogen-bond donors (Lipinski definition) is 0. The van der Waals surface area contributed by atoms with E-state index in [1.54, 1.807) is 25.1 Å². The van der Waals surface area contributed by atoms with Gasteiger partial charge in [-0.25, -0.2) is 0 Å². The van der Waals surface area contributed by atoms with Gasteiger partial charge in [-0.3, -0.25) is 4.21 Å². The highest BCUT2D eigenvalue weighted by Crippen LogP contribution is 2.27. The van der Waals surface area contributed by atoms with E-state index in [1.807, 2.05) is 12.1 Å². The van der Waals surface area contributed by atoms with Gasteiger partial charge in [0.05, 0.1) is 32.5 Å². The monoisotopic (exact) mass is 322 g/mol. The standard InChI is InChI=1S/C14H11ClN2O3S/c1-9-12(6-7-19-9)21(18)8-13-16-17-14(20-13)10-4-2-3-5-11(10)15/h2-7H,8H2,1H3/t21-/m0/s1. The minimum Gasteiger partial charge on any atom is -0.468 e. The second kappa shape index (κ2) is 5.83. The lowest BCUT2D eigenvalue weighted by atomic mass is 10.2. The summed E-state index contributed by atoms with van der Waals surface area (Å²) in [4.78, 5) is 0.632. The van der Waals surface area contributed by atoms with Crippen LogP contribution in [0.4, 0.5) is 0 Å². The first-order valence-corrected chi connectivity index (χ1v) is 7.84. The van der Waals surface area contributed by atoms with E-state index in [1.165, 1.54) is 6.26 Å². The van der Waals surface area contributed by atoms with E-state index in [0.717, 1.165) is 0 Å². The normalized spacial score (nSPS) is 12.5. The topological polar surface area (TPSA) is 69.1 Å². The summed E-state index contributed by atoms with van der Waals surface area (Å²) < 4.78 is 22.9. The van der Waals surface area contributed by atoms with Gasteiger partial charge >= 0.3 is 0 Å². The molecule has 0 fully saturated rings. The zero-order valence-electron chi connectivity index (χ0n) is 11.1. The van der Waals surface area contributed by atoms with Gasteiger partial charge in [0.25, 0.3) is 0 Å². The van der Waals surface area contributed by atoms with Crippen LogP contribution in [0.25, 0.3) is 11.5 Å². The molecule has 0 spiro atoms. The molecular formula is C14H11ClN2O3S. The van der Waals surface area contributed by atoms with Crippen molar-refractivity contribution in [1.82, 2.24) is 10.2 Å². The average Bonchev–Trinajstić information content (AvgIpc) is 3.08. The van der Waals surface area contributed by atoms with Crippen molar-refractivity contribution in [3.8, 4) is 11.5 Å². The number of nitrogens with zero attached hydrogens (tertiary/aromatic N) is 2. The SMILES string of the molecule is Cc1occc1[S@@](=O)Cc1nnc(-c2ccccc2Cl)o1. The summed E-state index contributed by atoms with van der Waals surface area (Å²) in [5.74, 6) is 1.37. The Balaban J connectivity index is 1.82. The predicted molar refractivity (Wildman–Crippen MR) is 78.3 cm³/mol. The van der Waals surface area contributed by atoms with Crippen LogP contribution >= 0.6 is 11.6 Å². The van der Waals surface area contributed by atoms with Crippen molar-refractivity contribution in [3.05, 3.63) is 53.3 Å². The number of halogens is 1. The van der Waals surface area contributed by atoms with Crippen molar-refractivity contribution >= 4 is 22.4 Å². The largest absolute Gasteiger partial charge is 0.468 e. The highest BCUT2D eigenvalue weighted by molar-refractivity contribution is 7.84. The van der Waals surface area contributed by atoms with Crippen molar-refractivity contribution < 1.29 is 13.0 Å². The molecule has 0 saturated heterocycles. The third kappa shape index (κ3) is 2.91. The van der Waals surface area contributed by atoms with Crippen molar-refractivity contribution in [1.29, 1.82) is 0 Å². The van der Waals surface area contributed by atoms with Crippen LogP contribution in [0.5, 0.6) is 0 Å². The number of furan rings is 1. The average molecular weight is 323 g/mol. The first kappa shape index (κ1) is 14.0. The van der Waals surface area contributed by atoms with E-state index < -0.39 is 10.8 Å². The van der Waals surface area contributed by atoms with Gasteiger partial charge in [-0.2, -0.15) is 0 Å². The Morgan fingerprint density at radius 1 is 1.24 bits per heavy atom. The quantitative estimate of drug-likeness (QED) is 0.734. The summed E-state index contributed by atoms with van der Waals surface area (Å²) in [5, 5.41) is 8.39. The second-order valence-corrected chi connectivity index (χ2v) is 6.14. The van der Waals surface area contributed by atoms with Crippen LogP contribution < -0.4 is 0 Å². The summed E-state index contributed by atoms with van der Waals surface area (Å²) >= 11 is 6.08. The highest BCUT2D eigenvalue weighted by atomic mass is 35.5. The van der Waals surface area contributed by atoms with Crippen LogP contribution in [-0.4, -0.2) is 14.4 Å². The van der Waals surface area contributed by atoms with E-state index in [-0.39, 0.29) is 5.75 Å². The lowest BCUT2D eigenvalue weighted by Crippen LogP contribution is -1.96. The zero-order valence-corrected chi connectivity index (χ0v) is 12.6. The van der Waals surface area contributed by atoms with E-state index in [4.69, 9.17) is 20.4 Å². The molecule has 0 radical (unpaired) electrons. The fraction of sp³-hybridized carbons (Fsp3) is 0.143. The molecule has 5 nitrogen and oxygen atoms in total. The van der Waals surface area contributed by atoms with Gasteiger partial charge in [0.15, 0.2) is 0 Å². The molecule has 2 heterocycles. The Bertz CT molecular complexity index is 797. The first-order chi connectivity index (χ1) is 10.1. The molecular weight excluding hydrogens is 312 g/mol. The molecule has 3 aromatic rings. The molecule has 7 heteroatoms. The molecule has 21 heavy (non-hydrogen) atoms. The fourth-order valence-corrected chi connectivity index (χ4v) is 3.14. The van der Waals surface area contributed by atoms with Crippen LogP contribution in [0.3, 0.4) is 0 Å². The second-order valence-electron chi connectivity index (χ2n) is 4.31. The van der Waals surface area contributed by atoms with E-state index in [2.05, 4.69) is 10.2 Å². The van der Waals surface area contributed by atoms with Crippen molar-refractivity contribution in [2.24, 2.45) is 0 Å². The first-order valence-electron chi connectivity index (χ1n) is 6.15. The molecule has 108 valence electrons. The Morgan fingerprint density at radius 2 is 2.05 bits per heavy atom. The Kier molecular flexibility index (Phi) is 3.90. The number of rotatable bonds is 4. The van der Waals surface area contributed by atoms with Crippen LogP contribution in [0.1, 0.15) is 11.7 Å². The minimum absolute atomic E-state index is 0.137. The number of aromatic nitrogens is 2. The molecule has 1 atom stereocenters. The Hall–Kier alpha value is -1.92. The Morgan fingerprint density at radius 3 is 2.76 bits per heavy atom. The van der Waals surface area contributed by atoms with Crippen LogP contribution in [0.2, 0.25) is 5.02 Å². The maximum atomic E-state index is 12.2. The van der Waals surface area contributed by atoms with Crippen LogP contribution in [0, 0.1) is 6.92 Å². The molecule has 0 saturated carbocycles. The van der Waals surface area contributed by atoms with Gasteiger partial charge in [-0.05, 0) is 25.1 Å².